The molecule has 3 heterocycles. The number of hydrogen-bond donors (Lipinski definition) is 1. The Kier molecular flexibility index (Phi) is 6.43. The first-order valence-corrected chi connectivity index (χ1v) is 12.7. The maximum atomic E-state index is 14.5. The molecule has 1 aliphatic heterocycles. The number of halogens is 1. The number of benzene rings is 3. The maximum Gasteiger partial charge on any atom is 0.253 e. The Morgan fingerprint density at radius 2 is 1.71 bits per heavy atom. The normalized spacial score (nSPS) is 15.2. The van der Waals surface area contributed by atoms with Crippen molar-refractivity contribution in [2.75, 3.05) is 31.1 Å². The predicted molar refractivity (Wildman–Crippen MR) is 145 cm³/mol. The van der Waals surface area contributed by atoms with Gasteiger partial charge in [-0.25, -0.2) is 9.07 Å². The summed E-state index contributed by atoms with van der Waals surface area (Å²) in [5, 5.41) is 13.7. The highest BCUT2D eigenvalue weighted by Gasteiger charge is 2.33. The average Bonchev–Trinajstić information content (AvgIpc) is 3.38. The standard InChI is InChI=1S/C29H28FN7O/c1-20-11-12-25-22(17-20)18-23(29(38)31-25)27(28-32-33-34-37(28)19-21-7-3-2-4-8-21)36-15-13-35(14-16-36)26-10-6-5-9-24(26)30/h2-12,17-18,27H,13-16,19H2,1H3,(H,31,38)/t27-/m0/s1. The summed E-state index contributed by atoms with van der Waals surface area (Å²) in [6.45, 7) is 4.97. The summed E-state index contributed by atoms with van der Waals surface area (Å²) >= 11 is 0. The Morgan fingerprint density at radius 1 is 0.947 bits per heavy atom. The van der Waals surface area contributed by atoms with Gasteiger partial charge in [-0.15, -0.1) is 5.10 Å². The van der Waals surface area contributed by atoms with Crippen molar-refractivity contribution in [3.05, 3.63) is 118 Å². The fraction of sp³-hybridized carbons (Fsp3) is 0.241. The van der Waals surface area contributed by atoms with Crippen LogP contribution < -0.4 is 10.5 Å². The van der Waals surface area contributed by atoms with Crippen LogP contribution in [0.4, 0.5) is 10.1 Å². The van der Waals surface area contributed by atoms with Gasteiger partial charge in [0, 0.05) is 37.3 Å². The van der Waals surface area contributed by atoms with E-state index in [0.29, 0.717) is 49.8 Å². The molecule has 9 heteroatoms. The van der Waals surface area contributed by atoms with E-state index in [2.05, 4.69) is 31.5 Å². The van der Waals surface area contributed by atoms with Crippen LogP contribution in [0.3, 0.4) is 0 Å². The number of nitrogens with one attached hydrogen (secondary N) is 1. The number of rotatable bonds is 6. The SMILES string of the molecule is Cc1ccc2[nH]c(=O)c([C@@H](c3nnnn3Cc3ccccc3)N3CCN(c4ccccc4F)CC3)cc2c1. The molecule has 0 spiro atoms. The average molecular weight is 510 g/mol. The van der Waals surface area contributed by atoms with E-state index in [-0.39, 0.29) is 11.4 Å². The number of aromatic amines is 1. The van der Waals surface area contributed by atoms with Crippen molar-refractivity contribution in [2.45, 2.75) is 19.5 Å². The smallest absolute Gasteiger partial charge is 0.253 e. The van der Waals surface area contributed by atoms with Gasteiger partial charge in [0.1, 0.15) is 11.9 Å². The third kappa shape index (κ3) is 4.68. The lowest BCUT2D eigenvalue weighted by Gasteiger charge is -2.39. The van der Waals surface area contributed by atoms with Crippen LogP contribution in [0.5, 0.6) is 0 Å². The largest absolute Gasteiger partial charge is 0.367 e. The van der Waals surface area contributed by atoms with Gasteiger partial charge in [0.25, 0.3) is 5.56 Å². The number of aromatic nitrogens is 5. The second kappa shape index (κ2) is 10.2. The number of piperazine rings is 1. The maximum absolute atomic E-state index is 14.5. The summed E-state index contributed by atoms with van der Waals surface area (Å²) in [6.07, 6.45) is 0. The number of aryl methyl sites for hydroxylation is 1. The van der Waals surface area contributed by atoms with Crippen LogP contribution in [0, 0.1) is 12.7 Å². The molecule has 0 amide bonds. The molecule has 0 saturated carbocycles. The molecule has 6 rings (SSSR count). The van der Waals surface area contributed by atoms with E-state index in [4.69, 9.17) is 0 Å². The van der Waals surface area contributed by atoms with Crippen molar-refractivity contribution in [3.8, 4) is 0 Å². The number of anilines is 1. The number of hydrogen-bond acceptors (Lipinski definition) is 6. The minimum absolute atomic E-state index is 0.169. The summed E-state index contributed by atoms with van der Waals surface area (Å²) < 4.78 is 16.2. The van der Waals surface area contributed by atoms with Gasteiger partial charge in [-0.2, -0.15) is 0 Å². The second-order valence-corrected chi connectivity index (χ2v) is 9.70. The van der Waals surface area contributed by atoms with Crippen molar-refractivity contribution in [1.82, 2.24) is 30.1 Å². The summed E-state index contributed by atoms with van der Waals surface area (Å²) in [6, 6.07) is 24.3. The first-order valence-electron chi connectivity index (χ1n) is 12.7. The van der Waals surface area contributed by atoms with Crippen LogP contribution in [0.2, 0.25) is 0 Å². The van der Waals surface area contributed by atoms with Crippen LogP contribution in [0.15, 0.2) is 83.7 Å². The van der Waals surface area contributed by atoms with E-state index in [1.807, 2.05) is 66.4 Å². The first-order chi connectivity index (χ1) is 18.6. The summed E-state index contributed by atoms with van der Waals surface area (Å²) in [4.78, 5) is 20.8. The van der Waals surface area contributed by atoms with Gasteiger partial charge in [0.15, 0.2) is 5.82 Å². The number of H-pyrrole nitrogens is 1. The molecule has 0 radical (unpaired) electrons. The van der Waals surface area contributed by atoms with Gasteiger partial charge < -0.3 is 9.88 Å². The van der Waals surface area contributed by atoms with Crippen molar-refractivity contribution < 1.29 is 4.39 Å². The third-order valence-corrected chi connectivity index (χ3v) is 7.17. The molecule has 1 saturated heterocycles. The first kappa shape index (κ1) is 24.0. The van der Waals surface area contributed by atoms with Crippen LogP contribution in [-0.4, -0.2) is 56.3 Å². The van der Waals surface area contributed by atoms with Crippen molar-refractivity contribution in [3.63, 3.8) is 0 Å². The molecule has 1 N–H and O–H groups in total. The minimum atomic E-state index is -0.467. The molecule has 3 aromatic carbocycles. The molecular weight excluding hydrogens is 481 g/mol. The van der Waals surface area contributed by atoms with Crippen LogP contribution in [0.25, 0.3) is 10.9 Å². The summed E-state index contributed by atoms with van der Waals surface area (Å²) in [7, 11) is 0. The Balaban J connectivity index is 1.39. The fourth-order valence-electron chi connectivity index (χ4n) is 5.25. The monoisotopic (exact) mass is 509 g/mol. The van der Waals surface area contributed by atoms with E-state index >= 15 is 0 Å². The fourth-order valence-corrected chi connectivity index (χ4v) is 5.25. The number of nitrogens with zero attached hydrogens (tertiary/aromatic N) is 6. The Morgan fingerprint density at radius 3 is 2.50 bits per heavy atom. The third-order valence-electron chi connectivity index (χ3n) is 7.17. The van der Waals surface area contributed by atoms with Crippen molar-refractivity contribution >= 4 is 16.6 Å². The van der Waals surface area contributed by atoms with E-state index in [9.17, 15) is 9.18 Å². The quantitative estimate of drug-likeness (QED) is 0.374. The van der Waals surface area contributed by atoms with Gasteiger partial charge in [-0.3, -0.25) is 9.69 Å². The van der Waals surface area contributed by atoms with Gasteiger partial charge >= 0.3 is 0 Å². The van der Waals surface area contributed by atoms with Crippen LogP contribution in [0.1, 0.15) is 28.6 Å². The summed E-state index contributed by atoms with van der Waals surface area (Å²) in [5.41, 5.74) is 3.98. The van der Waals surface area contributed by atoms with E-state index in [1.165, 1.54) is 6.07 Å². The molecule has 1 atom stereocenters. The lowest BCUT2D eigenvalue weighted by atomic mass is 10.0. The zero-order valence-electron chi connectivity index (χ0n) is 21.1. The molecule has 0 bridgehead atoms. The number of para-hydroxylation sites is 1. The van der Waals surface area contributed by atoms with Gasteiger partial charge in [-0.05, 0) is 58.6 Å². The Labute approximate surface area is 219 Å². The highest BCUT2D eigenvalue weighted by Crippen LogP contribution is 2.30. The lowest BCUT2D eigenvalue weighted by molar-refractivity contribution is 0.200. The zero-order chi connectivity index (χ0) is 26.1. The van der Waals surface area contributed by atoms with E-state index in [1.54, 1.807) is 16.8 Å². The molecule has 192 valence electrons. The number of fused-ring (bicyclic) bond motifs is 1. The highest BCUT2D eigenvalue weighted by molar-refractivity contribution is 5.79. The van der Waals surface area contributed by atoms with Crippen molar-refractivity contribution in [2.24, 2.45) is 0 Å². The zero-order valence-corrected chi connectivity index (χ0v) is 21.1. The molecule has 8 nitrogen and oxygen atoms in total. The molecule has 1 fully saturated rings. The summed E-state index contributed by atoms with van der Waals surface area (Å²) in [5.74, 6) is 0.372. The molecule has 38 heavy (non-hydrogen) atoms. The van der Waals surface area contributed by atoms with Gasteiger partial charge in [0.05, 0.1) is 12.2 Å². The highest BCUT2D eigenvalue weighted by atomic mass is 19.1. The molecule has 5 aromatic rings. The molecule has 0 unspecified atom stereocenters. The van der Waals surface area contributed by atoms with E-state index < -0.39 is 6.04 Å². The Hall–Kier alpha value is -4.37. The number of tetrazole rings is 1. The predicted octanol–water partition coefficient (Wildman–Crippen LogP) is 3.92. The number of pyridine rings is 1. The molecule has 1 aliphatic rings. The minimum Gasteiger partial charge on any atom is -0.367 e. The molecule has 0 aliphatic carbocycles. The van der Waals surface area contributed by atoms with Gasteiger partial charge in [0.2, 0.25) is 0 Å². The molecule has 2 aromatic heterocycles. The lowest BCUT2D eigenvalue weighted by Crippen LogP contribution is -2.49. The molecular formula is C29H28FN7O. The van der Waals surface area contributed by atoms with E-state index in [0.717, 1.165) is 22.0 Å². The van der Waals surface area contributed by atoms with Gasteiger partial charge in [-0.1, -0.05) is 54.1 Å². The van der Waals surface area contributed by atoms with Crippen LogP contribution in [-0.2, 0) is 6.54 Å². The van der Waals surface area contributed by atoms with Crippen molar-refractivity contribution in [1.29, 1.82) is 0 Å². The second-order valence-electron chi connectivity index (χ2n) is 9.70. The topological polar surface area (TPSA) is 82.9 Å². The Bertz CT molecular complexity index is 1620. The van der Waals surface area contributed by atoms with Crippen LogP contribution >= 0.6 is 0 Å².